The molecular weight excluding hydrogens is 415 g/mol. The van der Waals surface area contributed by atoms with Crippen molar-refractivity contribution in [2.75, 3.05) is 23.0 Å². The average Bonchev–Trinajstić information content (AvgIpc) is 3.21. The van der Waals surface area contributed by atoms with Crippen molar-refractivity contribution in [3.8, 4) is 11.3 Å². The summed E-state index contributed by atoms with van der Waals surface area (Å²) >= 11 is 13.3. The molecule has 0 bridgehead atoms. The van der Waals surface area contributed by atoms with Crippen LogP contribution in [0.15, 0.2) is 36.2 Å². The molecule has 138 valence electrons. The number of halogens is 2. The molecule has 0 aliphatic carbocycles. The average molecular weight is 431 g/mol. The smallest absolute Gasteiger partial charge is 0.233 e. The van der Waals surface area contributed by atoms with Crippen molar-refractivity contribution in [3.05, 3.63) is 46.3 Å². The molecule has 0 unspecified atom stereocenters. The van der Waals surface area contributed by atoms with E-state index in [0.717, 1.165) is 5.56 Å². The minimum Gasteiger partial charge on any atom is -0.284 e. The van der Waals surface area contributed by atoms with Crippen molar-refractivity contribution in [2.45, 2.75) is 6.42 Å². The molecule has 0 N–H and O–H groups in total. The van der Waals surface area contributed by atoms with Crippen molar-refractivity contribution in [1.82, 2.24) is 4.98 Å². The van der Waals surface area contributed by atoms with Gasteiger partial charge in [0, 0.05) is 17.5 Å². The first-order valence-corrected chi connectivity index (χ1v) is 11.3. The summed E-state index contributed by atoms with van der Waals surface area (Å²) < 4.78 is 23.4. The standard InChI is InChI=1S/C17H16Cl2N2O3S2/c1-2-6-21(16(22)12-5-7-26(23,24)10-12)17-20-15(9-25-17)11-3-4-13(18)14(19)8-11/h2-4,8-9,12H,1,5-7,10H2/t12-/m1/s1. The monoisotopic (exact) mass is 430 g/mol. The van der Waals surface area contributed by atoms with Gasteiger partial charge in [0.15, 0.2) is 15.0 Å². The Hall–Kier alpha value is -1.41. The van der Waals surface area contributed by atoms with Crippen LogP contribution in [-0.4, -0.2) is 37.4 Å². The van der Waals surface area contributed by atoms with Crippen molar-refractivity contribution < 1.29 is 13.2 Å². The van der Waals surface area contributed by atoms with Gasteiger partial charge < -0.3 is 0 Å². The van der Waals surface area contributed by atoms with Gasteiger partial charge in [-0.05, 0) is 18.6 Å². The molecule has 1 amide bonds. The zero-order valence-corrected chi connectivity index (χ0v) is 16.8. The van der Waals surface area contributed by atoms with Crippen molar-refractivity contribution >= 4 is 55.4 Å². The molecule has 1 atom stereocenters. The zero-order chi connectivity index (χ0) is 18.9. The van der Waals surface area contributed by atoms with E-state index >= 15 is 0 Å². The highest BCUT2D eigenvalue weighted by atomic mass is 35.5. The molecular formula is C17H16Cl2N2O3S2. The van der Waals surface area contributed by atoms with E-state index in [4.69, 9.17) is 23.2 Å². The zero-order valence-electron chi connectivity index (χ0n) is 13.7. The Bertz CT molecular complexity index is 957. The Morgan fingerprint density at radius 3 is 2.77 bits per heavy atom. The van der Waals surface area contributed by atoms with Crippen LogP contribution < -0.4 is 4.90 Å². The van der Waals surface area contributed by atoms with Crippen LogP contribution in [0.1, 0.15) is 6.42 Å². The molecule has 3 rings (SSSR count). The third-order valence-corrected chi connectivity index (χ3v) is 7.47. The highest BCUT2D eigenvalue weighted by Crippen LogP contribution is 2.33. The number of hydrogen-bond donors (Lipinski definition) is 0. The molecule has 2 heterocycles. The molecule has 9 heteroatoms. The predicted molar refractivity (Wildman–Crippen MR) is 107 cm³/mol. The number of carbonyl (C=O) groups is 1. The van der Waals surface area contributed by atoms with Crippen molar-refractivity contribution in [2.24, 2.45) is 5.92 Å². The SMILES string of the molecule is C=CCN(C(=O)[C@@H]1CCS(=O)(=O)C1)c1nc(-c2ccc(Cl)c(Cl)c2)cs1. The van der Waals surface area contributed by atoms with Crippen LogP contribution in [-0.2, 0) is 14.6 Å². The maximum atomic E-state index is 12.8. The van der Waals surface area contributed by atoms with E-state index in [0.29, 0.717) is 27.3 Å². The topological polar surface area (TPSA) is 67.3 Å². The summed E-state index contributed by atoms with van der Waals surface area (Å²) in [7, 11) is -3.14. The van der Waals surface area contributed by atoms with Crippen LogP contribution in [0.2, 0.25) is 10.0 Å². The van der Waals surface area contributed by atoms with Crippen LogP contribution in [0.3, 0.4) is 0 Å². The minimum atomic E-state index is -3.14. The van der Waals surface area contributed by atoms with Crippen LogP contribution in [0.25, 0.3) is 11.3 Å². The number of nitrogens with zero attached hydrogens (tertiary/aromatic N) is 2. The Morgan fingerprint density at radius 1 is 1.38 bits per heavy atom. The lowest BCUT2D eigenvalue weighted by molar-refractivity contribution is -0.121. The fraction of sp³-hybridized carbons (Fsp3) is 0.294. The Kier molecular flexibility index (Phi) is 5.72. The number of amides is 1. The second-order valence-corrected chi connectivity index (χ2v) is 9.86. The van der Waals surface area contributed by atoms with Gasteiger partial charge in [-0.2, -0.15) is 0 Å². The van der Waals surface area contributed by atoms with Gasteiger partial charge in [0.1, 0.15) is 0 Å². The molecule has 1 fully saturated rings. The summed E-state index contributed by atoms with van der Waals surface area (Å²) in [4.78, 5) is 18.8. The molecule has 0 radical (unpaired) electrons. The largest absolute Gasteiger partial charge is 0.284 e. The second kappa shape index (κ2) is 7.68. The van der Waals surface area contributed by atoms with Gasteiger partial charge >= 0.3 is 0 Å². The molecule has 1 aromatic carbocycles. The molecule has 0 saturated carbocycles. The number of thiazole rings is 1. The van der Waals surface area contributed by atoms with Gasteiger partial charge in [0.2, 0.25) is 5.91 Å². The summed E-state index contributed by atoms with van der Waals surface area (Å²) in [6, 6.07) is 5.20. The molecule has 1 aliphatic rings. The quantitative estimate of drug-likeness (QED) is 0.670. The number of sulfone groups is 1. The van der Waals surface area contributed by atoms with Gasteiger partial charge in [-0.3, -0.25) is 9.69 Å². The van der Waals surface area contributed by atoms with Crippen LogP contribution in [0, 0.1) is 5.92 Å². The van der Waals surface area contributed by atoms with Gasteiger partial charge in [-0.1, -0.05) is 35.3 Å². The van der Waals surface area contributed by atoms with Gasteiger partial charge in [0.05, 0.1) is 33.2 Å². The van der Waals surface area contributed by atoms with E-state index in [2.05, 4.69) is 11.6 Å². The van der Waals surface area contributed by atoms with Crippen LogP contribution in [0.4, 0.5) is 5.13 Å². The van der Waals surface area contributed by atoms with E-state index in [9.17, 15) is 13.2 Å². The van der Waals surface area contributed by atoms with E-state index < -0.39 is 15.8 Å². The molecule has 1 saturated heterocycles. The van der Waals surface area contributed by atoms with Gasteiger partial charge in [-0.25, -0.2) is 13.4 Å². The minimum absolute atomic E-state index is 0.0533. The van der Waals surface area contributed by atoms with Gasteiger partial charge in [0.25, 0.3) is 0 Å². The van der Waals surface area contributed by atoms with E-state index in [1.54, 1.807) is 24.3 Å². The molecule has 0 spiro atoms. The summed E-state index contributed by atoms with van der Waals surface area (Å²) in [5.41, 5.74) is 1.46. The number of anilines is 1. The second-order valence-electron chi connectivity index (χ2n) is 5.98. The molecule has 1 aliphatic heterocycles. The molecule has 26 heavy (non-hydrogen) atoms. The van der Waals surface area contributed by atoms with E-state index in [-0.39, 0.29) is 24.0 Å². The first-order valence-electron chi connectivity index (χ1n) is 7.84. The predicted octanol–water partition coefficient (Wildman–Crippen LogP) is 4.07. The normalized spacial score (nSPS) is 18.6. The summed E-state index contributed by atoms with van der Waals surface area (Å²) in [5, 5.41) is 3.20. The lowest BCUT2D eigenvalue weighted by Crippen LogP contribution is -2.37. The maximum Gasteiger partial charge on any atom is 0.233 e. The number of aromatic nitrogens is 1. The highest BCUT2D eigenvalue weighted by molar-refractivity contribution is 7.91. The highest BCUT2D eigenvalue weighted by Gasteiger charge is 2.36. The summed E-state index contributed by atoms with van der Waals surface area (Å²) in [5.74, 6) is -0.819. The fourth-order valence-electron chi connectivity index (χ4n) is 2.78. The first kappa shape index (κ1) is 19.4. The lowest BCUT2D eigenvalue weighted by Gasteiger charge is -2.21. The fourth-order valence-corrected chi connectivity index (χ4v) is 5.66. The summed E-state index contributed by atoms with van der Waals surface area (Å²) in [6.45, 7) is 3.95. The number of carbonyl (C=O) groups excluding carboxylic acids is 1. The third-order valence-electron chi connectivity index (χ3n) is 4.10. The first-order chi connectivity index (χ1) is 12.3. The maximum absolute atomic E-state index is 12.8. The number of hydrogen-bond acceptors (Lipinski definition) is 5. The lowest BCUT2D eigenvalue weighted by atomic mass is 10.1. The van der Waals surface area contributed by atoms with E-state index in [1.165, 1.54) is 16.2 Å². The molecule has 5 nitrogen and oxygen atoms in total. The van der Waals surface area contributed by atoms with Crippen molar-refractivity contribution in [1.29, 1.82) is 0 Å². The number of rotatable bonds is 5. The van der Waals surface area contributed by atoms with Crippen molar-refractivity contribution in [3.63, 3.8) is 0 Å². The third kappa shape index (κ3) is 4.11. The Morgan fingerprint density at radius 2 is 2.15 bits per heavy atom. The Balaban J connectivity index is 1.87. The van der Waals surface area contributed by atoms with Crippen LogP contribution >= 0.6 is 34.5 Å². The molecule has 1 aromatic heterocycles. The van der Waals surface area contributed by atoms with Gasteiger partial charge in [-0.15, -0.1) is 17.9 Å². The summed E-state index contributed by atoms with van der Waals surface area (Å²) in [6.07, 6.45) is 1.95. The number of benzene rings is 1. The van der Waals surface area contributed by atoms with E-state index in [1.807, 2.05) is 5.38 Å². The molecule has 2 aromatic rings. The Labute approximate surface area is 166 Å². The van der Waals surface area contributed by atoms with Crippen LogP contribution in [0.5, 0.6) is 0 Å².